The lowest BCUT2D eigenvalue weighted by Gasteiger charge is -2.08. The summed E-state index contributed by atoms with van der Waals surface area (Å²) in [5.74, 6) is -0.395. The molecule has 17 heavy (non-hydrogen) atoms. The second kappa shape index (κ2) is 5.80. The number of rotatable bonds is 5. The number of aromatic carboxylic acids is 1. The Morgan fingerprint density at radius 3 is 2.76 bits per heavy atom. The van der Waals surface area contributed by atoms with Crippen LogP contribution >= 0.6 is 0 Å². The monoisotopic (exact) mass is 236 g/mol. The van der Waals surface area contributed by atoms with Gasteiger partial charge in [-0.3, -0.25) is 0 Å². The fourth-order valence-corrected chi connectivity index (χ4v) is 1.80. The summed E-state index contributed by atoms with van der Waals surface area (Å²) in [5.41, 5.74) is 1.30. The van der Waals surface area contributed by atoms with Crippen LogP contribution in [0.1, 0.15) is 22.3 Å². The van der Waals surface area contributed by atoms with Crippen molar-refractivity contribution in [3.63, 3.8) is 0 Å². The number of carbonyl (C=O) groups is 1. The summed E-state index contributed by atoms with van der Waals surface area (Å²) in [6.45, 7) is 2.86. The van der Waals surface area contributed by atoms with Gasteiger partial charge in [-0.15, -0.1) is 0 Å². The molecule has 1 aromatic carbocycles. The molecule has 0 saturated carbocycles. The Morgan fingerprint density at radius 2 is 2.18 bits per heavy atom. The molecule has 0 amide bonds. The van der Waals surface area contributed by atoms with Crippen LogP contribution in [0.15, 0.2) is 24.3 Å². The topological polar surface area (TPSA) is 55.8 Å². The normalized spacial score (nSPS) is 19.4. The maximum atomic E-state index is 10.7. The molecule has 1 aromatic rings. The van der Waals surface area contributed by atoms with Gasteiger partial charge in [0.25, 0.3) is 0 Å². The molecule has 1 atom stereocenters. The molecule has 0 bridgehead atoms. The highest BCUT2D eigenvalue weighted by Gasteiger charge is 2.15. The van der Waals surface area contributed by atoms with E-state index < -0.39 is 5.97 Å². The molecular formula is C13H16O4. The number of hydrogen-bond acceptors (Lipinski definition) is 3. The van der Waals surface area contributed by atoms with E-state index in [2.05, 4.69) is 0 Å². The van der Waals surface area contributed by atoms with Crippen LogP contribution in [0.25, 0.3) is 0 Å². The molecule has 92 valence electrons. The van der Waals surface area contributed by atoms with E-state index in [1.165, 1.54) is 0 Å². The fourth-order valence-electron chi connectivity index (χ4n) is 1.80. The highest BCUT2D eigenvalue weighted by atomic mass is 16.5. The van der Waals surface area contributed by atoms with Crippen LogP contribution in [0.5, 0.6) is 0 Å². The Balaban J connectivity index is 1.76. The molecule has 0 aromatic heterocycles. The van der Waals surface area contributed by atoms with Gasteiger partial charge in [-0.1, -0.05) is 12.1 Å². The van der Waals surface area contributed by atoms with Crippen LogP contribution in [0, 0.1) is 5.92 Å². The third-order valence-corrected chi connectivity index (χ3v) is 2.85. The Kier molecular flexibility index (Phi) is 4.12. The zero-order valence-electron chi connectivity index (χ0n) is 9.59. The van der Waals surface area contributed by atoms with E-state index in [0.717, 1.165) is 25.2 Å². The summed E-state index contributed by atoms with van der Waals surface area (Å²) in [6, 6.07) is 6.77. The summed E-state index contributed by atoms with van der Waals surface area (Å²) >= 11 is 0. The first-order valence-corrected chi connectivity index (χ1v) is 5.73. The average molecular weight is 236 g/mol. The summed E-state index contributed by atoms with van der Waals surface area (Å²) in [4.78, 5) is 10.7. The Hall–Kier alpha value is -1.39. The first-order chi connectivity index (χ1) is 8.25. The van der Waals surface area contributed by atoms with Crippen LogP contribution in [0.4, 0.5) is 0 Å². The van der Waals surface area contributed by atoms with Crippen molar-refractivity contribution >= 4 is 5.97 Å². The highest BCUT2D eigenvalue weighted by Crippen LogP contribution is 2.13. The van der Waals surface area contributed by atoms with Gasteiger partial charge in [0.2, 0.25) is 0 Å². The van der Waals surface area contributed by atoms with E-state index in [1.54, 1.807) is 24.3 Å². The molecule has 1 saturated heterocycles. The van der Waals surface area contributed by atoms with Crippen LogP contribution in [-0.4, -0.2) is 30.9 Å². The Morgan fingerprint density at radius 1 is 1.41 bits per heavy atom. The van der Waals surface area contributed by atoms with E-state index in [4.69, 9.17) is 14.6 Å². The average Bonchev–Trinajstić information content (AvgIpc) is 2.83. The second-order valence-electron chi connectivity index (χ2n) is 4.25. The van der Waals surface area contributed by atoms with Crippen molar-refractivity contribution in [3.8, 4) is 0 Å². The fraction of sp³-hybridized carbons (Fsp3) is 0.462. The van der Waals surface area contributed by atoms with Gasteiger partial charge >= 0.3 is 5.97 Å². The summed E-state index contributed by atoms with van der Waals surface area (Å²) in [7, 11) is 0. The Bertz CT molecular complexity index is 366. The zero-order chi connectivity index (χ0) is 12.1. The van der Waals surface area contributed by atoms with Crippen molar-refractivity contribution in [2.45, 2.75) is 13.0 Å². The van der Waals surface area contributed by atoms with Gasteiger partial charge in [0.1, 0.15) is 0 Å². The minimum Gasteiger partial charge on any atom is -0.478 e. The number of carboxylic acids is 1. The van der Waals surface area contributed by atoms with Gasteiger partial charge in [-0.05, 0) is 24.1 Å². The van der Waals surface area contributed by atoms with E-state index in [-0.39, 0.29) is 0 Å². The molecule has 0 radical (unpaired) electrons. The molecule has 1 unspecified atom stereocenters. The lowest BCUT2D eigenvalue weighted by molar-refractivity contribution is 0.0695. The quantitative estimate of drug-likeness (QED) is 0.848. The number of carboxylic acid groups (broad SMARTS) is 1. The molecule has 0 aliphatic carbocycles. The predicted octanol–water partition coefficient (Wildman–Crippen LogP) is 1.94. The molecule has 0 spiro atoms. The maximum absolute atomic E-state index is 10.7. The second-order valence-corrected chi connectivity index (χ2v) is 4.25. The molecule has 1 heterocycles. The zero-order valence-corrected chi connectivity index (χ0v) is 9.59. The van der Waals surface area contributed by atoms with Gasteiger partial charge in [0.15, 0.2) is 0 Å². The van der Waals surface area contributed by atoms with Crippen molar-refractivity contribution in [2.24, 2.45) is 5.92 Å². The first-order valence-electron chi connectivity index (χ1n) is 5.73. The SMILES string of the molecule is O=C(O)c1ccc(COCC2CCOC2)cc1. The van der Waals surface area contributed by atoms with Crippen molar-refractivity contribution in [3.05, 3.63) is 35.4 Å². The number of hydrogen-bond donors (Lipinski definition) is 1. The van der Waals surface area contributed by atoms with Gasteiger partial charge in [-0.2, -0.15) is 0 Å². The number of benzene rings is 1. The summed E-state index contributed by atoms with van der Waals surface area (Å²) in [6.07, 6.45) is 1.07. The molecule has 4 heteroatoms. The molecule has 1 aliphatic heterocycles. The van der Waals surface area contributed by atoms with Crippen molar-refractivity contribution in [2.75, 3.05) is 19.8 Å². The highest BCUT2D eigenvalue weighted by molar-refractivity contribution is 5.87. The van der Waals surface area contributed by atoms with Crippen molar-refractivity contribution < 1.29 is 19.4 Å². The largest absolute Gasteiger partial charge is 0.478 e. The molecular weight excluding hydrogens is 220 g/mol. The van der Waals surface area contributed by atoms with Crippen LogP contribution in [-0.2, 0) is 16.1 Å². The standard InChI is InChI=1S/C13H16O4/c14-13(15)12-3-1-10(2-4-12)7-17-9-11-5-6-16-8-11/h1-4,11H,5-9H2,(H,14,15). The van der Waals surface area contributed by atoms with Crippen LogP contribution in [0.2, 0.25) is 0 Å². The van der Waals surface area contributed by atoms with Gasteiger partial charge in [0, 0.05) is 12.5 Å². The number of ether oxygens (including phenoxy) is 2. The molecule has 1 fully saturated rings. The minimum atomic E-state index is -0.902. The Labute approximate surface area is 100 Å². The summed E-state index contributed by atoms with van der Waals surface area (Å²) < 4.78 is 10.8. The van der Waals surface area contributed by atoms with E-state index >= 15 is 0 Å². The van der Waals surface area contributed by atoms with Crippen molar-refractivity contribution in [1.29, 1.82) is 0 Å². The smallest absolute Gasteiger partial charge is 0.335 e. The minimum absolute atomic E-state index is 0.304. The van der Waals surface area contributed by atoms with E-state index in [0.29, 0.717) is 24.7 Å². The van der Waals surface area contributed by atoms with Gasteiger partial charge in [0.05, 0.1) is 25.4 Å². The molecule has 2 rings (SSSR count). The van der Waals surface area contributed by atoms with Gasteiger partial charge in [-0.25, -0.2) is 4.79 Å². The lowest BCUT2D eigenvalue weighted by Crippen LogP contribution is -2.09. The van der Waals surface area contributed by atoms with Crippen LogP contribution < -0.4 is 0 Å². The van der Waals surface area contributed by atoms with E-state index in [1.807, 2.05) is 0 Å². The lowest BCUT2D eigenvalue weighted by atomic mass is 10.1. The van der Waals surface area contributed by atoms with Crippen LogP contribution in [0.3, 0.4) is 0 Å². The molecule has 1 aliphatic rings. The molecule has 4 nitrogen and oxygen atoms in total. The molecule has 1 N–H and O–H groups in total. The van der Waals surface area contributed by atoms with E-state index in [9.17, 15) is 4.79 Å². The predicted molar refractivity (Wildman–Crippen MR) is 62.0 cm³/mol. The third kappa shape index (κ3) is 3.54. The third-order valence-electron chi connectivity index (χ3n) is 2.85. The summed E-state index contributed by atoms with van der Waals surface area (Å²) in [5, 5.41) is 8.75. The van der Waals surface area contributed by atoms with Gasteiger partial charge < -0.3 is 14.6 Å². The van der Waals surface area contributed by atoms with Crippen molar-refractivity contribution in [1.82, 2.24) is 0 Å². The first kappa shape index (κ1) is 12.1. The maximum Gasteiger partial charge on any atom is 0.335 e.